The highest BCUT2D eigenvalue weighted by Crippen LogP contribution is 2.18. The highest BCUT2D eigenvalue weighted by molar-refractivity contribution is 6.01. The van der Waals surface area contributed by atoms with Crippen molar-refractivity contribution in [3.63, 3.8) is 0 Å². The van der Waals surface area contributed by atoms with Crippen LogP contribution in [-0.2, 0) is 9.53 Å². The van der Waals surface area contributed by atoms with E-state index in [-0.39, 0.29) is 12.5 Å². The molecule has 1 amide bonds. The van der Waals surface area contributed by atoms with Crippen molar-refractivity contribution < 1.29 is 19.1 Å². The van der Waals surface area contributed by atoms with Gasteiger partial charge in [-0.15, -0.1) is 0 Å². The van der Waals surface area contributed by atoms with Crippen molar-refractivity contribution in [2.75, 3.05) is 18.5 Å². The molecule has 0 unspecified atom stereocenters. The Morgan fingerprint density at radius 2 is 1.76 bits per heavy atom. The van der Waals surface area contributed by atoms with E-state index in [0.717, 1.165) is 11.3 Å². The quantitative estimate of drug-likeness (QED) is 0.583. The van der Waals surface area contributed by atoms with Gasteiger partial charge in [-0.2, -0.15) is 0 Å². The Hall–Kier alpha value is -2.82. The maximum absolute atomic E-state index is 12.1. The highest BCUT2D eigenvalue weighted by Gasteiger charge is 2.13. The van der Waals surface area contributed by atoms with Gasteiger partial charge in [0.05, 0.1) is 24.5 Å². The Morgan fingerprint density at radius 3 is 2.52 bits per heavy atom. The minimum Gasteiger partial charge on any atom is -0.493 e. The zero-order valence-electron chi connectivity index (χ0n) is 14.6. The van der Waals surface area contributed by atoms with Gasteiger partial charge >= 0.3 is 5.97 Å². The van der Waals surface area contributed by atoms with E-state index >= 15 is 0 Å². The molecule has 0 saturated heterocycles. The van der Waals surface area contributed by atoms with Gasteiger partial charge < -0.3 is 14.8 Å². The fourth-order valence-electron chi connectivity index (χ4n) is 2.32. The molecule has 0 spiro atoms. The van der Waals surface area contributed by atoms with Gasteiger partial charge in [0.15, 0.2) is 0 Å². The summed E-state index contributed by atoms with van der Waals surface area (Å²) in [7, 11) is 0. The molecule has 0 aliphatic rings. The van der Waals surface area contributed by atoms with Crippen molar-refractivity contribution in [3.05, 3.63) is 59.7 Å². The predicted molar refractivity (Wildman–Crippen MR) is 96.9 cm³/mol. The van der Waals surface area contributed by atoms with E-state index in [1.807, 2.05) is 31.2 Å². The van der Waals surface area contributed by atoms with Crippen LogP contribution in [0.3, 0.4) is 0 Å². The summed E-state index contributed by atoms with van der Waals surface area (Å²) in [5.41, 5.74) is 1.88. The first-order valence-corrected chi connectivity index (χ1v) is 8.36. The Morgan fingerprint density at radius 1 is 1.04 bits per heavy atom. The van der Waals surface area contributed by atoms with Crippen molar-refractivity contribution in [1.82, 2.24) is 0 Å². The zero-order valence-corrected chi connectivity index (χ0v) is 14.6. The van der Waals surface area contributed by atoms with E-state index in [1.54, 1.807) is 31.2 Å². The Bertz CT molecular complexity index is 727. The number of amides is 1. The standard InChI is InChI=1S/C20H23NO4/c1-3-24-20(23)16-10-5-6-11-17(16)21-19(22)13-8-14-25-18-12-7-4-9-15(18)2/h4-7,9-12H,3,8,13-14H2,1-2H3,(H,21,22). The van der Waals surface area contributed by atoms with Crippen molar-refractivity contribution in [2.45, 2.75) is 26.7 Å². The van der Waals surface area contributed by atoms with Crippen LogP contribution in [0.5, 0.6) is 5.75 Å². The second kappa shape index (κ2) is 9.47. The maximum atomic E-state index is 12.1. The molecule has 0 aromatic heterocycles. The SMILES string of the molecule is CCOC(=O)c1ccccc1NC(=O)CCCOc1ccccc1C. The summed E-state index contributed by atoms with van der Waals surface area (Å²) in [6.45, 7) is 4.47. The van der Waals surface area contributed by atoms with Gasteiger partial charge in [0.25, 0.3) is 0 Å². The van der Waals surface area contributed by atoms with Gasteiger partial charge in [-0.05, 0) is 44.0 Å². The summed E-state index contributed by atoms with van der Waals surface area (Å²) in [4.78, 5) is 24.0. The monoisotopic (exact) mass is 341 g/mol. The molecule has 0 radical (unpaired) electrons. The second-order valence-electron chi connectivity index (χ2n) is 5.53. The van der Waals surface area contributed by atoms with Crippen LogP contribution < -0.4 is 10.1 Å². The third kappa shape index (κ3) is 5.64. The smallest absolute Gasteiger partial charge is 0.340 e. The van der Waals surface area contributed by atoms with E-state index in [2.05, 4.69) is 5.32 Å². The Kier molecular flexibility index (Phi) is 7.01. The van der Waals surface area contributed by atoms with E-state index in [9.17, 15) is 9.59 Å². The molecule has 0 aliphatic heterocycles. The molecule has 0 heterocycles. The number of ether oxygens (including phenoxy) is 2. The molecule has 2 aromatic carbocycles. The lowest BCUT2D eigenvalue weighted by Gasteiger charge is -2.11. The predicted octanol–water partition coefficient (Wildman–Crippen LogP) is 3.97. The number of hydrogen-bond acceptors (Lipinski definition) is 4. The van der Waals surface area contributed by atoms with E-state index in [0.29, 0.717) is 30.7 Å². The Balaban J connectivity index is 1.83. The summed E-state index contributed by atoms with van der Waals surface area (Å²) < 4.78 is 10.7. The molecule has 0 fully saturated rings. The number of hydrogen-bond donors (Lipinski definition) is 1. The molecule has 5 heteroatoms. The van der Waals surface area contributed by atoms with E-state index in [1.165, 1.54) is 0 Å². The molecule has 1 N–H and O–H groups in total. The van der Waals surface area contributed by atoms with Gasteiger partial charge in [0, 0.05) is 6.42 Å². The minimum atomic E-state index is -0.443. The van der Waals surface area contributed by atoms with Gasteiger partial charge in [0.2, 0.25) is 5.91 Å². The number of nitrogens with one attached hydrogen (secondary N) is 1. The van der Waals surface area contributed by atoms with Gasteiger partial charge in [-0.25, -0.2) is 4.79 Å². The molecule has 0 saturated carbocycles. The summed E-state index contributed by atoms with van der Waals surface area (Å²) in [6.07, 6.45) is 0.894. The number of benzene rings is 2. The third-order valence-electron chi connectivity index (χ3n) is 3.60. The van der Waals surface area contributed by atoms with Crippen LogP contribution in [0.1, 0.15) is 35.7 Å². The van der Waals surface area contributed by atoms with Crippen LogP contribution in [0.15, 0.2) is 48.5 Å². The maximum Gasteiger partial charge on any atom is 0.340 e. The summed E-state index contributed by atoms with van der Waals surface area (Å²) in [6, 6.07) is 14.6. The fraction of sp³-hybridized carbons (Fsp3) is 0.300. The lowest BCUT2D eigenvalue weighted by Crippen LogP contribution is -2.16. The number of para-hydroxylation sites is 2. The van der Waals surface area contributed by atoms with Gasteiger partial charge in [-0.1, -0.05) is 30.3 Å². The first kappa shape index (κ1) is 18.5. The first-order valence-electron chi connectivity index (χ1n) is 8.36. The van der Waals surface area contributed by atoms with E-state index < -0.39 is 5.97 Å². The minimum absolute atomic E-state index is 0.162. The fourth-order valence-corrected chi connectivity index (χ4v) is 2.32. The molecule has 132 valence electrons. The molecule has 2 rings (SSSR count). The van der Waals surface area contributed by atoms with Crippen molar-refractivity contribution >= 4 is 17.6 Å². The molecule has 25 heavy (non-hydrogen) atoms. The molecule has 0 aliphatic carbocycles. The van der Waals surface area contributed by atoms with Crippen molar-refractivity contribution in [1.29, 1.82) is 0 Å². The molecular weight excluding hydrogens is 318 g/mol. The van der Waals surface area contributed by atoms with Crippen molar-refractivity contribution in [2.24, 2.45) is 0 Å². The third-order valence-corrected chi connectivity index (χ3v) is 3.60. The lowest BCUT2D eigenvalue weighted by atomic mass is 10.1. The van der Waals surface area contributed by atoms with Crippen LogP contribution in [0.25, 0.3) is 0 Å². The van der Waals surface area contributed by atoms with Crippen LogP contribution in [0, 0.1) is 6.92 Å². The second-order valence-corrected chi connectivity index (χ2v) is 5.53. The molecule has 5 nitrogen and oxygen atoms in total. The number of carbonyl (C=O) groups is 2. The molecule has 2 aromatic rings. The highest BCUT2D eigenvalue weighted by atomic mass is 16.5. The number of rotatable bonds is 8. The van der Waals surface area contributed by atoms with Gasteiger partial charge in [-0.3, -0.25) is 4.79 Å². The number of anilines is 1. The van der Waals surface area contributed by atoms with Crippen LogP contribution in [0.4, 0.5) is 5.69 Å². The van der Waals surface area contributed by atoms with Crippen molar-refractivity contribution in [3.8, 4) is 5.75 Å². The normalized spacial score (nSPS) is 10.2. The average molecular weight is 341 g/mol. The number of aryl methyl sites for hydroxylation is 1. The Labute approximate surface area is 148 Å². The van der Waals surface area contributed by atoms with Gasteiger partial charge in [0.1, 0.15) is 5.75 Å². The molecule has 0 atom stereocenters. The topological polar surface area (TPSA) is 64.6 Å². The summed E-state index contributed by atoms with van der Waals surface area (Å²) >= 11 is 0. The van der Waals surface area contributed by atoms with Crippen LogP contribution in [0.2, 0.25) is 0 Å². The largest absolute Gasteiger partial charge is 0.493 e. The summed E-state index contributed by atoms with van der Waals surface area (Å²) in [5, 5.41) is 2.76. The number of carbonyl (C=O) groups excluding carboxylic acids is 2. The van der Waals surface area contributed by atoms with E-state index in [4.69, 9.17) is 9.47 Å². The average Bonchev–Trinajstić information content (AvgIpc) is 2.61. The zero-order chi connectivity index (χ0) is 18.1. The summed E-state index contributed by atoms with van der Waals surface area (Å²) in [5.74, 6) is 0.224. The van der Waals surface area contributed by atoms with Crippen LogP contribution >= 0.6 is 0 Å². The number of esters is 1. The molecule has 0 bridgehead atoms. The lowest BCUT2D eigenvalue weighted by molar-refractivity contribution is -0.116. The molecular formula is C20H23NO4. The first-order chi connectivity index (χ1) is 12.1. The van der Waals surface area contributed by atoms with Crippen LogP contribution in [-0.4, -0.2) is 25.1 Å².